The van der Waals surface area contributed by atoms with E-state index in [9.17, 15) is 9.59 Å². The number of carbonyl (C=O) groups excluding carboxylic acids is 1. The van der Waals surface area contributed by atoms with Crippen LogP contribution in [0.1, 0.15) is 24.1 Å². The van der Waals surface area contributed by atoms with Crippen LogP contribution < -0.4 is 10.9 Å². The first-order valence-corrected chi connectivity index (χ1v) is 7.03. The fraction of sp³-hybridized carbons (Fsp3) is 0.250. The summed E-state index contributed by atoms with van der Waals surface area (Å²) in [5, 5.41) is 3.40. The summed E-state index contributed by atoms with van der Waals surface area (Å²) >= 11 is 6.03. The highest BCUT2D eigenvalue weighted by atomic mass is 35.5. The number of carbonyl (C=O) groups is 1. The highest BCUT2D eigenvalue weighted by Crippen LogP contribution is 2.23. The van der Waals surface area contributed by atoms with Gasteiger partial charge in [0, 0.05) is 22.5 Å². The van der Waals surface area contributed by atoms with Gasteiger partial charge in [0.1, 0.15) is 6.04 Å². The standard InChI is InChI=1S/C16H17ClN2O2/c1-10-6-5-9-19(16(10)21)12(3)15(20)18-14-8-4-7-13(17)11(14)2/h4-9,12H,1-3H3,(H,18,20). The molecule has 1 atom stereocenters. The average molecular weight is 305 g/mol. The van der Waals surface area contributed by atoms with Gasteiger partial charge in [-0.25, -0.2) is 0 Å². The Kier molecular flexibility index (Phi) is 4.48. The average Bonchev–Trinajstić information content (AvgIpc) is 2.46. The number of nitrogens with one attached hydrogen (secondary N) is 1. The molecule has 5 heteroatoms. The molecule has 2 aromatic rings. The van der Waals surface area contributed by atoms with E-state index in [1.165, 1.54) is 4.57 Å². The third-order valence-corrected chi connectivity index (χ3v) is 3.90. The molecule has 0 spiro atoms. The minimum Gasteiger partial charge on any atom is -0.324 e. The Labute approximate surface area is 128 Å². The number of hydrogen-bond donors (Lipinski definition) is 1. The van der Waals surface area contributed by atoms with Crippen molar-refractivity contribution in [3.05, 3.63) is 63.0 Å². The monoisotopic (exact) mass is 304 g/mol. The van der Waals surface area contributed by atoms with Crippen LogP contribution in [0.3, 0.4) is 0 Å². The maximum Gasteiger partial charge on any atom is 0.254 e. The SMILES string of the molecule is Cc1c(Cl)cccc1NC(=O)C(C)n1cccc(C)c1=O. The topological polar surface area (TPSA) is 51.1 Å². The summed E-state index contributed by atoms with van der Waals surface area (Å²) in [7, 11) is 0. The summed E-state index contributed by atoms with van der Waals surface area (Å²) in [5.74, 6) is -0.256. The van der Waals surface area contributed by atoms with E-state index in [2.05, 4.69) is 5.32 Å². The van der Waals surface area contributed by atoms with Crippen LogP contribution in [0.4, 0.5) is 5.69 Å². The number of aromatic nitrogens is 1. The van der Waals surface area contributed by atoms with Crippen molar-refractivity contribution in [3.63, 3.8) is 0 Å². The fourth-order valence-corrected chi connectivity index (χ4v) is 2.21. The van der Waals surface area contributed by atoms with Gasteiger partial charge < -0.3 is 9.88 Å². The fourth-order valence-electron chi connectivity index (χ4n) is 2.03. The molecule has 1 unspecified atom stereocenters. The smallest absolute Gasteiger partial charge is 0.254 e. The lowest BCUT2D eigenvalue weighted by Gasteiger charge is -2.17. The Morgan fingerprint density at radius 1 is 1.24 bits per heavy atom. The molecule has 0 aliphatic rings. The molecule has 2 rings (SSSR count). The van der Waals surface area contributed by atoms with Gasteiger partial charge in [-0.1, -0.05) is 23.7 Å². The number of pyridine rings is 1. The molecule has 0 aliphatic heterocycles. The number of rotatable bonds is 3. The zero-order valence-electron chi connectivity index (χ0n) is 12.2. The molecule has 0 aliphatic carbocycles. The number of nitrogens with zero attached hydrogens (tertiary/aromatic N) is 1. The van der Waals surface area contributed by atoms with Crippen LogP contribution in [-0.2, 0) is 4.79 Å². The van der Waals surface area contributed by atoms with E-state index in [1.807, 2.05) is 6.92 Å². The highest BCUT2D eigenvalue weighted by molar-refractivity contribution is 6.31. The van der Waals surface area contributed by atoms with E-state index < -0.39 is 6.04 Å². The lowest BCUT2D eigenvalue weighted by Crippen LogP contribution is -2.32. The van der Waals surface area contributed by atoms with Crippen molar-refractivity contribution >= 4 is 23.2 Å². The van der Waals surface area contributed by atoms with Gasteiger partial charge in [-0.2, -0.15) is 0 Å². The van der Waals surface area contributed by atoms with Crippen LogP contribution >= 0.6 is 11.6 Å². The first-order chi connectivity index (χ1) is 9.91. The van der Waals surface area contributed by atoms with E-state index in [0.717, 1.165) is 5.56 Å². The van der Waals surface area contributed by atoms with E-state index in [1.54, 1.807) is 50.4 Å². The van der Waals surface area contributed by atoms with E-state index >= 15 is 0 Å². The van der Waals surface area contributed by atoms with Crippen molar-refractivity contribution in [2.24, 2.45) is 0 Å². The maximum absolute atomic E-state index is 12.3. The van der Waals surface area contributed by atoms with Gasteiger partial charge in [-0.05, 0) is 44.5 Å². The van der Waals surface area contributed by atoms with Gasteiger partial charge >= 0.3 is 0 Å². The molecule has 0 bridgehead atoms. The third-order valence-electron chi connectivity index (χ3n) is 3.49. The zero-order valence-corrected chi connectivity index (χ0v) is 12.9. The summed E-state index contributed by atoms with van der Waals surface area (Å²) in [6.45, 7) is 5.25. The molecule has 21 heavy (non-hydrogen) atoms. The second-order valence-corrected chi connectivity index (χ2v) is 5.39. The molecule has 0 saturated heterocycles. The summed E-state index contributed by atoms with van der Waals surface area (Å²) in [4.78, 5) is 24.4. The van der Waals surface area contributed by atoms with E-state index in [0.29, 0.717) is 16.3 Å². The van der Waals surface area contributed by atoms with Crippen molar-refractivity contribution in [3.8, 4) is 0 Å². The van der Waals surface area contributed by atoms with Gasteiger partial charge in [-0.15, -0.1) is 0 Å². The molecule has 1 heterocycles. The number of halogens is 1. The first-order valence-electron chi connectivity index (χ1n) is 6.65. The molecule has 1 N–H and O–H groups in total. The van der Waals surface area contributed by atoms with Crippen molar-refractivity contribution in [1.29, 1.82) is 0 Å². The predicted octanol–water partition coefficient (Wildman–Crippen LogP) is 3.32. The van der Waals surface area contributed by atoms with E-state index in [-0.39, 0.29) is 11.5 Å². The van der Waals surface area contributed by atoms with Gasteiger partial charge in [0.05, 0.1) is 0 Å². The molecule has 1 aromatic carbocycles. The number of hydrogen-bond acceptors (Lipinski definition) is 2. The van der Waals surface area contributed by atoms with Crippen molar-refractivity contribution in [2.75, 3.05) is 5.32 Å². The molecule has 1 amide bonds. The Morgan fingerprint density at radius 3 is 2.67 bits per heavy atom. The Balaban J connectivity index is 2.26. The lowest BCUT2D eigenvalue weighted by molar-refractivity contribution is -0.118. The second-order valence-electron chi connectivity index (χ2n) is 4.98. The van der Waals surface area contributed by atoms with Crippen molar-refractivity contribution < 1.29 is 4.79 Å². The minimum absolute atomic E-state index is 0.164. The summed E-state index contributed by atoms with van der Waals surface area (Å²) in [5.41, 5.74) is 1.90. The normalized spacial score (nSPS) is 12.0. The van der Waals surface area contributed by atoms with Crippen LogP contribution in [-0.4, -0.2) is 10.5 Å². The molecule has 110 valence electrons. The van der Waals surface area contributed by atoms with Crippen molar-refractivity contribution in [2.45, 2.75) is 26.8 Å². The summed E-state index contributed by atoms with van der Waals surface area (Å²) < 4.78 is 1.42. The molecule has 0 radical (unpaired) electrons. The lowest BCUT2D eigenvalue weighted by atomic mass is 10.2. The number of amides is 1. The van der Waals surface area contributed by atoms with Crippen LogP contribution in [0.15, 0.2) is 41.3 Å². The molecule has 0 fully saturated rings. The summed E-state index contributed by atoms with van der Waals surface area (Å²) in [6.07, 6.45) is 1.62. The van der Waals surface area contributed by atoms with Crippen LogP contribution in [0.5, 0.6) is 0 Å². The van der Waals surface area contributed by atoms with Gasteiger partial charge in [0.2, 0.25) is 5.91 Å². The largest absolute Gasteiger partial charge is 0.324 e. The van der Waals surface area contributed by atoms with Crippen LogP contribution in [0, 0.1) is 13.8 Å². The molecular formula is C16H17ClN2O2. The van der Waals surface area contributed by atoms with E-state index in [4.69, 9.17) is 11.6 Å². The second kappa shape index (κ2) is 6.14. The molecule has 1 aromatic heterocycles. The quantitative estimate of drug-likeness (QED) is 0.945. The summed E-state index contributed by atoms with van der Waals surface area (Å²) in [6, 6.07) is 8.20. The Morgan fingerprint density at radius 2 is 1.95 bits per heavy atom. The van der Waals surface area contributed by atoms with Gasteiger partial charge in [-0.3, -0.25) is 9.59 Å². The minimum atomic E-state index is -0.601. The van der Waals surface area contributed by atoms with Crippen LogP contribution in [0.2, 0.25) is 5.02 Å². The third kappa shape index (κ3) is 3.16. The van der Waals surface area contributed by atoms with Gasteiger partial charge in [0.15, 0.2) is 0 Å². The molecular weight excluding hydrogens is 288 g/mol. The molecule has 4 nitrogen and oxygen atoms in total. The molecule has 0 saturated carbocycles. The maximum atomic E-state index is 12.3. The first kappa shape index (κ1) is 15.3. The van der Waals surface area contributed by atoms with Gasteiger partial charge in [0.25, 0.3) is 5.56 Å². The highest BCUT2D eigenvalue weighted by Gasteiger charge is 2.17. The number of aryl methyl sites for hydroxylation is 1. The van der Waals surface area contributed by atoms with Crippen LogP contribution in [0.25, 0.3) is 0 Å². The van der Waals surface area contributed by atoms with Crippen molar-refractivity contribution in [1.82, 2.24) is 4.57 Å². The predicted molar refractivity (Wildman–Crippen MR) is 85.0 cm³/mol. The zero-order chi connectivity index (χ0) is 15.6. The number of anilines is 1. The Hall–Kier alpha value is -2.07. The Bertz CT molecular complexity index is 737. The number of benzene rings is 1.